The summed E-state index contributed by atoms with van der Waals surface area (Å²) in [6.07, 6.45) is 6.36. The Bertz CT molecular complexity index is 815. The van der Waals surface area contributed by atoms with Crippen LogP contribution >= 0.6 is 0 Å². The molecule has 0 radical (unpaired) electrons. The molecule has 2 aromatic rings. The lowest BCUT2D eigenvalue weighted by Gasteiger charge is -2.36. The molecule has 29 heavy (non-hydrogen) atoms. The summed E-state index contributed by atoms with van der Waals surface area (Å²) < 4.78 is 6.85. The fraction of sp³-hybridized carbons (Fsp3) is 0.545. The van der Waals surface area contributed by atoms with Gasteiger partial charge in [0.2, 0.25) is 0 Å². The Morgan fingerprint density at radius 3 is 2.59 bits per heavy atom. The first kappa shape index (κ1) is 21.2. The first-order chi connectivity index (χ1) is 14.2. The second-order valence-corrected chi connectivity index (χ2v) is 7.52. The van der Waals surface area contributed by atoms with Gasteiger partial charge >= 0.3 is 0 Å². The molecule has 1 N–H and O–H groups in total. The number of hydrogen-bond acceptors (Lipinski definition) is 6. The maximum absolute atomic E-state index is 11.9. The second kappa shape index (κ2) is 10.9. The summed E-state index contributed by atoms with van der Waals surface area (Å²) in [6.45, 7) is 6.29. The van der Waals surface area contributed by atoms with Crippen LogP contribution in [-0.2, 0) is 7.05 Å². The van der Waals surface area contributed by atoms with Crippen LogP contribution in [0, 0.1) is 0 Å². The number of rotatable bonds is 10. The van der Waals surface area contributed by atoms with Crippen LogP contribution in [0.2, 0.25) is 0 Å². The average molecular weight is 400 g/mol. The van der Waals surface area contributed by atoms with E-state index in [2.05, 4.69) is 32.3 Å². The third-order valence-corrected chi connectivity index (χ3v) is 5.52. The molecule has 158 valence electrons. The molecule has 1 aromatic heterocycles. The molecule has 0 amide bonds. The van der Waals surface area contributed by atoms with Crippen LogP contribution in [0.15, 0.2) is 41.3 Å². The molecule has 0 atom stereocenters. The predicted molar refractivity (Wildman–Crippen MR) is 118 cm³/mol. The van der Waals surface area contributed by atoms with E-state index in [9.17, 15) is 4.79 Å². The van der Waals surface area contributed by atoms with Crippen molar-refractivity contribution >= 4 is 11.4 Å². The average Bonchev–Trinajstić information content (AvgIpc) is 2.76. The Morgan fingerprint density at radius 2 is 1.79 bits per heavy atom. The van der Waals surface area contributed by atoms with Crippen molar-refractivity contribution < 1.29 is 4.74 Å². The molecule has 0 aliphatic carbocycles. The van der Waals surface area contributed by atoms with Crippen LogP contribution in [0.5, 0.6) is 5.75 Å². The van der Waals surface area contributed by atoms with Crippen molar-refractivity contribution in [2.24, 2.45) is 7.05 Å². The lowest BCUT2D eigenvalue weighted by Crippen LogP contribution is -2.46. The Morgan fingerprint density at radius 1 is 1.03 bits per heavy atom. The van der Waals surface area contributed by atoms with E-state index >= 15 is 0 Å². The van der Waals surface area contributed by atoms with Gasteiger partial charge in [-0.05, 0) is 37.6 Å². The Hall–Kier alpha value is -2.54. The number of benzene rings is 1. The molecule has 3 rings (SSSR count). The lowest BCUT2D eigenvalue weighted by molar-refractivity contribution is 0.251. The van der Waals surface area contributed by atoms with E-state index in [4.69, 9.17) is 4.74 Å². The number of ether oxygens (including phenoxy) is 1. The molecule has 0 saturated carbocycles. The number of para-hydroxylation sites is 2. The first-order valence-electron chi connectivity index (χ1n) is 10.6. The highest BCUT2D eigenvalue weighted by molar-refractivity contribution is 5.58. The minimum atomic E-state index is -0.0697. The molecule has 0 spiro atoms. The highest BCUT2D eigenvalue weighted by atomic mass is 16.5. The van der Waals surface area contributed by atoms with E-state index in [0.29, 0.717) is 5.69 Å². The normalized spacial score (nSPS) is 14.8. The van der Waals surface area contributed by atoms with Gasteiger partial charge in [-0.1, -0.05) is 25.0 Å². The number of nitrogens with one attached hydrogen (secondary N) is 1. The van der Waals surface area contributed by atoms with Gasteiger partial charge in [0.05, 0.1) is 12.8 Å². The number of aromatic nitrogens is 2. The fourth-order valence-electron chi connectivity index (χ4n) is 3.78. The maximum atomic E-state index is 11.9. The fourth-order valence-corrected chi connectivity index (χ4v) is 3.78. The van der Waals surface area contributed by atoms with Crippen molar-refractivity contribution in [1.82, 2.24) is 14.7 Å². The molecular formula is C22H33N5O2. The van der Waals surface area contributed by atoms with Crippen LogP contribution in [0.4, 0.5) is 11.4 Å². The van der Waals surface area contributed by atoms with E-state index in [1.165, 1.54) is 29.6 Å². The van der Waals surface area contributed by atoms with Gasteiger partial charge in [-0.2, -0.15) is 5.10 Å². The van der Waals surface area contributed by atoms with Gasteiger partial charge in [-0.25, -0.2) is 4.68 Å². The minimum absolute atomic E-state index is 0.0697. The van der Waals surface area contributed by atoms with Crippen LogP contribution in [0.3, 0.4) is 0 Å². The van der Waals surface area contributed by atoms with Gasteiger partial charge < -0.3 is 15.0 Å². The SMILES string of the molecule is COc1ccccc1N1CCN(CCCCCCNc2ccnn(C)c2=O)CC1. The number of methoxy groups -OCH3 is 1. The van der Waals surface area contributed by atoms with Crippen LogP contribution in [0.1, 0.15) is 25.7 Å². The monoisotopic (exact) mass is 399 g/mol. The highest BCUT2D eigenvalue weighted by Crippen LogP contribution is 2.28. The van der Waals surface area contributed by atoms with Gasteiger partial charge in [0.15, 0.2) is 0 Å². The molecule has 7 heteroatoms. The van der Waals surface area contributed by atoms with Gasteiger partial charge in [0, 0.05) is 46.0 Å². The molecule has 1 aliphatic rings. The van der Waals surface area contributed by atoms with E-state index < -0.39 is 0 Å². The van der Waals surface area contributed by atoms with E-state index in [1.54, 1.807) is 26.4 Å². The summed E-state index contributed by atoms with van der Waals surface area (Å²) in [7, 11) is 3.41. The molecule has 7 nitrogen and oxygen atoms in total. The van der Waals surface area contributed by atoms with Crippen molar-refractivity contribution in [3.8, 4) is 5.75 Å². The quantitative estimate of drug-likeness (QED) is 0.620. The van der Waals surface area contributed by atoms with Crippen molar-refractivity contribution in [2.75, 3.05) is 56.6 Å². The van der Waals surface area contributed by atoms with Crippen molar-refractivity contribution in [3.05, 3.63) is 46.9 Å². The molecule has 1 aliphatic heterocycles. The minimum Gasteiger partial charge on any atom is -0.495 e. The number of piperazine rings is 1. The van der Waals surface area contributed by atoms with Crippen molar-refractivity contribution in [1.29, 1.82) is 0 Å². The third kappa shape index (κ3) is 5.97. The van der Waals surface area contributed by atoms with Gasteiger partial charge in [0.1, 0.15) is 11.4 Å². The Labute approximate surface area is 173 Å². The number of unbranched alkanes of at least 4 members (excludes halogenated alkanes) is 3. The molecule has 1 fully saturated rings. The smallest absolute Gasteiger partial charge is 0.289 e. The molecule has 0 bridgehead atoms. The maximum Gasteiger partial charge on any atom is 0.289 e. The van der Waals surface area contributed by atoms with E-state index in [0.717, 1.165) is 51.4 Å². The first-order valence-corrected chi connectivity index (χ1v) is 10.6. The zero-order chi connectivity index (χ0) is 20.5. The van der Waals surface area contributed by atoms with E-state index in [-0.39, 0.29) is 5.56 Å². The summed E-state index contributed by atoms with van der Waals surface area (Å²) >= 11 is 0. The predicted octanol–water partition coefficient (Wildman–Crippen LogP) is 2.58. The Kier molecular flexibility index (Phi) is 7.93. The topological polar surface area (TPSA) is 62.6 Å². The van der Waals surface area contributed by atoms with Crippen molar-refractivity contribution in [3.63, 3.8) is 0 Å². The van der Waals surface area contributed by atoms with Gasteiger partial charge in [0.25, 0.3) is 5.56 Å². The summed E-state index contributed by atoms with van der Waals surface area (Å²) in [5.74, 6) is 0.958. The molecule has 2 heterocycles. The summed E-state index contributed by atoms with van der Waals surface area (Å²) in [5, 5.41) is 7.16. The van der Waals surface area contributed by atoms with Crippen LogP contribution < -0.4 is 20.5 Å². The number of hydrogen-bond donors (Lipinski definition) is 1. The van der Waals surface area contributed by atoms with E-state index in [1.807, 2.05) is 12.1 Å². The third-order valence-electron chi connectivity index (χ3n) is 5.52. The van der Waals surface area contributed by atoms with Gasteiger partial charge in [-0.3, -0.25) is 9.69 Å². The second-order valence-electron chi connectivity index (χ2n) is 7.52. The zero-order valence-corrected chi connectivity index (χ0v) is 17.6. The highest BCUT2D eigenvalue weighted by Gasteiger charge is 2.18. The lowest BCUT2D eigenvalue weighted by atomic mass is 10.1. The largest absolute Gasteiger partial charge is 0.495 e. The summed E-state index contributed by atoms with van der Waals surface area (Å²) in [6, 6.07) is 10.0. The Balaban J connectivity index is 1.27. The molecule has 0 unspecified atom stereocenters. The van der Waals surface area contributed by atoms with Gasteiger partial charge in [-0.15, -0.1) is 0 Å². The van der Waals surface area contributed by atoms with Crippen LogP contribution in [0.25, 0.3) is 0 Å². The number of nitrogens with zero attached hydrogens (tertiary/aromatic N) is 4. The molecule has 1 aromatic carbocycles. The molecule has 1 saturated heterocycles. The van der Waals surface area contributed by atoms with Crippen LogP contribution in [-0.4, -0.2) is 61.1 Å². The number of anilines is 2. The number of aryl methyl sites for hydroxylation is 1. The summed E-state index contributed by atoms with van der Waals surface area (Å²) in [5.41, 5.74) is 1.77. The zero-order valence-electron chi connectivity index (χ0n) is 17.6. The van der Waals surface area contributed by atoms with Crippen molar-refractivity contribution in [2.45, 2.75) is 25.7 Å². The molecular weight excluding hydrogens is 366 g/mol. The summed E-state index contributed by atoms with van der Waals surface area (Å²) in [4.78, 5) is 16.9. The standard InChI is InChI=1S/C22H33N5O2/c1-25-22(28)19(11-13-24-25)23-12-7-3-4-8-14-26-15-17-27(18-16-26)20-9-5-6-10-21(20)29-2/h5-6,9-11,13,23H,3-4,7-8,12,14-18H2,1-2H3.